The fourth-order valence-corrected chi connectivity index (χ4v) is 1.13. The molecular weight excluding hydrogens is 245 g/mol. The molecule has 0 aliphatic carbocycles. The second-order valence-corrected chi connectivity index (χ2v) is 3.93. The van der Waals surface area contributed by atoms with Crippen molar-refractivity contribution in [2.45, 2.75) is 26.2 Å². The van der Waals surface area contributed by atoms with Crippen molar-refractivity contribution in [3.8, 4) is 0 Å². The van der Waals surface area contributed by atoms with Gasteiger partial charge in [-0.05, 0) is 5.92 Å². The summed E-state index contributed by atoms with van der Waals surface area (Å²) >= 11 is 0. The average molecular weight is 262 g/mol. The van der Waals surface area contributed by atoms with Crippen molar-refractivity contribution in [2.24, 2.45) is 11.7 Å². The maximum atomic E-state index is 13.5. The first-order chi connectivity index (χ1) is 7.52. The van der Waals surface area contributed by atoms with Crippen LogP contribution < -0.4 is 5.73 Å². The third kappa shape index (κ3) is 4.71. The van der Waals surface area contributed by atoms with Crippen molar-refractivity contribution in [1.29, 1.82) is 0 Å². The van der Waals surface area contributed by atoms with Gasteiger partial charge in [0.25, 0.3) is 6.36 Å². The fraction of sp³-hybridized carbons (Fsp3) is 0.417. The Bertz CT molecular complexity index is 346. The third-order valence-electron chi connectivity index (χ3n) is 2.27. The van der Waals surface area contributed by atoms with Crippen LogP contribution in [0.15, 0.2) is 30.3 Å². The first-order valence-corrected chi connectivity index (χ1v) is 5.17. The maximum absolute atomic E-state index is 13.5. The molecule has 0 fully saturated rings. The second-order valence-electron chi connectivity index (χ2n) is 3.93. The van der Waals surface area contributed by atoms with Gasteiger partial charge < -0.3 is 10.5 Å². The van der Waals surface area contributed by atoms with Crippen LogP contribution in [-0.4, -0.2) is 12.0 Å². The van der Waals surface area contributed by atoms with Gasteiger partial charge in [0.15, 0.2) is 0 Å². The van der Waals surface area contributed by atoms with Crippen molar-refractivity contribution in [3.05, 3.63) is 35.9 Å². The first-order valence-electron chi connectivity index (χ1n) is 5.17. The van der Waals surface area contributed by atoms with Crippen LogP contribution in [0.25, 0.3) is 0 Å². The van der Waals surface area contributed by atoms with E-state index < -0.39 is 18.4 Å². The van der Waals surface area contributed by atoms with Gasteiger partial charge >= 0.3 is 5.97 Å². The van der Waals surface area contributed by atoms with Crippen molar-refractivity contribution >= 4 is 18.4 Å². The first kappa shape index (κ1) is 15.9. The number of benzene rings is 1. The lowest BCUT2D eigenvalue weighted by Crippen LogP contribution is -2.37. The maximum Gasteiger partial charge on any atom is 0.325 e. The van der Waals surface area contributed by atoms with Gasteiger partial charge in [0.1, 0.15) is 6.04 Å². The monoisotopic (exact) mass is 261 g/mol. The predicted octanol–water partition coefficient (Wildman–Crippen LogP) is 2.60. The molecule has 0 bridgehead atoms. The van der Waals surface area contributed by atoms with Crippen molar-refractivity contribution < 1.29 is 13.9 Å². The van der Waals surface area contributed by atoms with Crippen LogP contribution in [0.5, 0.6) is 0 Å². The van der Waals surface area contributed by atoms with Gasteiger partial charge in [0.05, 0.1) is 0 Å². The summed E-state index contributed by atoms with van der Waals surface area (Å²) < 4.78 is 18.1. The van der Waals surface area contributed by atoms with Gasteiger partial charge in [0, 0.05) is 5.56 Å². The van der Waals surface area contributed by atoms with Crippen LogP contribution in [0.2, 0.25) is 0 Å². The highest BCUT2D eigenvalue weighted by molar-refractivity contribution is 5.85. The number of carbonyl (C=O) groups excluding carboxylic acids is 1. The highest BCUT2D eigenvalue weighted by Gasteiger charge is 2.23. The van der Waals surface area contributed by atoms with Crippen LogP contribution >= 0.6 is 12.4 Å². The number of hydrogen-bond donors (Lipinski definition) is 1. The van der Waals surface area contributed by atoms with E-state index >= 15 is 0 Å². The summed E-state index contributed by atoms with van der Waals surface area (Å²) in [7, 11) is 0. The summed E-state index contributed by atoms with van der Waals surface area (Å²) in [6.07, 6.45) is -1.75. The van der Waals surface area contributed by atoms with Crippen molar-refractivity contribution in [1.82, 2.24) is 0 Å². The molecule has 2 N–H and O–H groups in total. The standard InChI is InChI=1S/C12H16FNO2.ClH/c1-8(2)10(14)12(15)16-11(13)9-6-4-3-5-7-9;/h3-8,10-11H,14H2,1-2H3;1H/t10-,11?;/m0./s1. The number of nitrogens with two attached hydrogens (primary N) is 1. The van der Waals surface area contributed by atoms with E-state index in [0.29, 0.717) is 5.56 Å². The highest BCUT2D eigenvalue weighted by Crippen LogP contribution is 2.19. The molecule has 0 heterocycles. The molecule has 0 spiro atoms. The Morgan fingerprint density at radius 3 is 2.29 bits per heavy atom. The zero-order chi connectivity index (χ0) is 12.1. The van der Waals surface area contributed by atoms with E-state index in [1.807, 2.05) is 0 Å². The number of esters is 1. The molecule has 0 aromatic heterocycles. The Kier molecular flexibility index (Phi) is 6.76. The number of hydrogen-bond acceptors (Lipinski definition) is 3. The van der Waals surface area contributed by atoms with E-state index in [2.05, 4.69) is 4.74 Å². The van der Waals surface area contributed by atoms with Gasteiger partial charge in [-0.15, -0.1) is 12.4 Å². The number of carbonyl (C=O) groups is 1. The van der Waals surface area contributed by atoms with Crippen molar-refractivity contribution in [3.63, 3.8) is 0 Å². The molecule has 1 aromatic rings. The Balaban J connectivity index is 0.00000256. The predicted molar refractivity (Wildman–Crippen MR) is 66.4 cm³/mol. The number of alkyl halides is 1. The Morgan fingerprint density at radius 1 is 1.29 bits per heavy atom. The minimum atomic E-state index is -1.75. The summed E-state index contributed by atoms with van der Waals surface area (Å²) in [4.78, 5) is 11.4. The molecule has 2 atom stereocenters. The zero-order valence-electron chi connectivity index (χ0n) is 9.80. The highest BCUT2D eigenvalue weighted by atomic mass is 35.5. The zero-order valence-corrected chi connectivity index (χ0v) is 10.6. The van der Waals surface area contributed by atoms with Crippen LogP contribution in [0.1, 0.15) is 25.8 Å². The quantitative estimate of drug-likeness (QED) is 0.848. The molecule has 0 radical (unpaired) electrons. The smallest absolute Gasteiger partial charge is 0.325 e. The summed E-state index contributed by atoms with van der Waals surface area (Å²) in [5, 5.41) is 0. The van der Waals surface area contributed by atoms with Gasteiger partial charge in [0.2, 0.25) is 0 Å². The Hall–Kier alpha value is -1.13. The lowest BCUT2D eigenvalue weighted by molar-refractivity contribution is -0.161. The summed E-state index contributed by atoms with van der Waals surface area (Å²) in [5.74, 6) is -0.790. The molecule has 0 saturated heterocycles. The van der Waals surface area contributed by atoms with E-state index in [1.54, 1.807) is 44.2 Å². The Morgan fingerprint density at radius 2 is 1.82 bits per heavy atom. The van der Waals surface area contributed by atoms with Gasteiger partial charge in [-0.1, -0.05) is 44.2 Å². The van der Waals surface area contributed by atoms with E-state index in [-0.39, 0.29) is 18.3 Å². The minimum Gasteiger partial charge on any atom is -0.426 e. The lowest BCUT2D eigenvalue weighted by atomic mass is 10.1. The fourth-order valence-electron chi connectivity index (χ4n) is 1.13. The number of ether oxygens (including phenoxy) is 1. The van der Waals surface area contributed by atoms with Gasteiger partial charge in [-0.25, -0.2) is 0 Å². The summed E-state index contributed by atoms with van der Waals surface area (Å²) in [5.41, 5.74) is 5.86. The molecule has 0 amide bonds. The largest absolute Gasteiger partial charge is 0.426 e. The lowest BCUT2D eigenvalue weighted by Gasteiger charge is -2.16. The summed E-state index contributed by atoms with van der Waals surface area (Å²) in [6, 6.07) is 7.44. The molecule has 3 nitrogen and oxygen atoms in total. The minimum absolute atomic E-state index is 0. The van der Waals surface area contributed by atoms with Gasteiger partial charge in [-0.2, -0.15) is 4.39 Å². The topological polar surface area (TPSA) is 52.3 Å². The third-order valence-corrected chi connectivity index (χ3v) is 2.27. The normalized spacial score (nSPS) is 13.7. The molecule has 17 heavy (non-hydrogen) atoms. The molecule has 1 rings (SSSR count). The number of halogens is 2. The average Bonchev–Trinajstić information content (AvgIpc) is 2.28. The van der Waals surface area contributed by atoms with Crippen LogP contribution in [0.3, 0.4) is 0 Å². The molecule has 0 aliphatic heterocycles. The Labute approximate surface area is 107 Å². The SMILES string of the molecule is CC(C)[C@H](N)C(=O)OC(F)c1ccccc1.Cl. The molecule has 1 aromatic carbocycles. The van der Waals surface area contributed by atoms with E-state index in [4.69, 9.17) is 5.73 Å². The van der Waals surface area contributed by atoms with Crippen molar-refractivity contribution in [2.75, 3.05) is 0 Å². The van der Waals surface area contributed by atoms with Gasteiger partial charge in [-0.3, -0.25) is 4.79 Å². The molecule has 96 valence electrons. The van der Waals surface area contributed by atoms with E-state index in [1.165, 1.54) is 0 Å². The molecule has 0 aliphatic rings. The van der Waals surface area contributed by atoms with E-state index in [0.717, 1.165) is 0 Å². The molecule has 0 saturated carbocycles. The van der Waals surface area contributed by atoms with Crippen LogP contribution in [0, 0.1) is 5.92 Å². The number of rotatable bonds is 4. The summed E-state index contributed by atoms with van der Waals surface area (Å²) in [6.45, 7) is 3.56. The molecule has 5 heteroatoms. The van der Waals surface area contributed by atoms with Crippen LogP contribution in [-0.2, 0) is 9.53 Å². The molecule has 1 unspecified atom stereocenters. The van der Waals surface area contributed by atoms with E-state index in [9.17, 15) is 9.18 Å². The molecular formula is C12H17ClFNO2. The van der Waals surface area contributed by atoms with Crippen LogP contribution in [0.4, 0.5) is 4.39 Å². The second kappa shape index (κ2) is 7.25.